The fraction of sp³-hybridized carbons (Fsp3) is 0.256. The normalized spacial score (nSPS) is 18.8. The van der Waals surface area contributed by atoms with Gasteiger partial charge in [0.15, 0.2) is 0 Å². The molecule has 0 spiro atoms. The molecule has 2 aliphatic rings. The van der Waals surface area contributed by atoms with E-state index in [0.29, 0.717) is 61.5 Å². The van der Waals surface area contributed by atoms with Crippen LogP contribution in [0.2, 0.25) is 0 Å². The molecule has 248 valence electrons. The topological polar surface area (TPSA) is 127 Å². The summed E-state index contributed by atoms with van der Waals surface area (Å²) in [5.41, 5.74) is 4.22. The van der Waals surface area contributed by atoms with Gasteiger partial charge in [0.1, 0.15) is 17.6 Å². The number of carbonyl (C=O) groups is 4. The lowest BCUT2D eigenvalue weighted by Gasteiger charge is -2.31. The maximum absolute atomic E-state index is 14.7. The first-order valence-electron chi connectivity index (χ1n) is 16.8. The number of fused-ring (bicyclic) bond motifs is 1. The van der Waals surface area contributed by atoms with Gasteiger partial charge in [-0.2, -0.15) is 0 Å². The summed E-state index contributed by atoms with van der Waals surface area (Å²) in [4.78, 5) is 66.1. The van der Waals surface area contributed by atoms with E-state index in [0.717, 1.165) is 16.6 Å². The number of likely N-dealkylation sites (tertiary alicyclic amines) is 1. The first-order chi connectivity index (χ1) is 23.9. The number of amides is 3. The molecule has 3 N–H and O–H groups in total. The second-order valence-corrected chi connectivity index (χ2v) is 12.7. The predicted molar refractivity (Wildman–Crippen MR) is 188 cm³/mol. The number of rotatable bonds is 10. The summed E-state index contributed by atoms with van der Waals surface area (Å²) in [5.74, 6) is -0.491. The Kier molecular flexibility index (Phi) is 9.29. The van der Waals surface area contributed by atoms with E-state index in [1.165, 1.54) is 4.90 Å². The van der Waals surface area contributed by atoms with E-state index in [1.807, 2.05) is 72.8 Å². The van der Waals surface area contributed by atoms with Crippen LogP contribution < -0.4 is 15.5 Å². The number of hydrogen-bond donors (Lipinski definition) is 3. The van der Waals surface area contributed by atoms with Gasteiger partial charge in [-0.3, -0.25) is 24.1 Å². The summed E-state index contributed by atoms with van der Waals surface area (Å²) in [6.45, 7) is 0.904. The summed E-state index contributed by atoms with van der Waals surface area (Å²) in [6.07, 6.45) is 3.91. The van der Waals surface area contributed by atoms with Gasteiger partial charge in [-0.25, -0.2) is 4.98 Å². The Hall–Kier alpha value is -5.61. The van der Waals surface area contributed by atoms with Crippen LogP contribution in [0.25, 0.3) is 11.0 Å². The van der Waals surface area contributed by atoms with E-state index in [1.54, 1.807) is 41.4 Å². The monoisotopic (exact) mass is 654 g/mol. The van der Waals surface area contributed by atoms with Crippen LogP contribution in [0.1, 0.15) is 30.4 Å². The lowest BCUT2D eigenvalue weighted by molar-refractivity contribution is -0.136. The van der Waals surface area contributed by atoms with Gasteiger partial charge < -0.3 is 20.5 Å². The molecule has 7 rings (SSSR count). The van der Waals surface area contributed by atoms with Gasteiger partial charge >= 0.3 is 0 Å². The summed E-state index contributed by atoms with van der Waals surface area (Å²) in [7, 11) is 0. The van der Waals surface area contributed by atoms with Gasteiger partial charge in [0.05, 0.1) is 34.9 Å². The molecule has 3 amide bonds. The summed E-state index contributed by atoms with van der Waals surface area (Å²) in [6, 6.07) is 30.4. The number of aromatic amines is 1. The van der Waals surface area contributed by atoms with Crippen molar-refractivity contribution in [3.8, 4) is 0 Å². The van der Waals surface area contributed by atoms with Crippen LogP contribution in [0.4, 0.5) is 17.2 Å². The number of Topliss-reactive ketones (excluding diaryl/α,β-unsaturated/α-hetero) is 1. The average Bonchev–Trinajstić information content (AvgIpc) is 3.91. The minimum atomic E-state index is -0.698. The number of pyridine rings is 1. The fourth-order valence-corrected chi connectivity index (χ4v) is 6.86. The highest BCUT2D eigenvalue weighted by atomic mass is 16.2. The van der Waals surface area contributed by atoms with Crippen molar-refractivity contribution in [3.05, 3.63) is 120 Å². The molecular formula is C39H38N6O4. The highest BCUT2D eigenvalue weighted by Crippen LogP contribution is 2.35. The molecule has 2 aliphatic heterocycles. The number of ketones is 1. The van der Waals surface area contributed by atoms with Gasteiger partial charge in [0.25, 0.3) is 5.91 Å². The molecule has 0 bridgehead atoms. The molecule has 0 aliphatic carbocycles. The molecule has 10 heteroatoms. The molecule has 3 aromatic carbocycles. The number of nitrogens with one attached hydrogen (secondary N) is 3. The van der Waals surface area contributed by atoms with E-state index >= 15 is 0 Å². The minimum Gasteiger partial charge on any atom is -0.360 e. The first-order valence-corrected chi connectivity index (χ1v) is 16.8. The molecule has 49 heavy (non-hydrogen) atoms. The molecule has 2 unspecified atom stereocenters. The number of hydrogen-bond acceptors (Lipinski definition) is 6. The summed E-state index contributed by atoms with van der Waals surface area (Å²) < 4.78 is 0. The van der Waals surface area contributed by atoms with Gasteiger partial charge in [-0.05, 0) is 60.7 Å². The number of anilines is 3. The van der Waals surface area contributed by atoms with Crippen LogP contribution in [0.3, 0.4) is 0 Å². The maximum Gasteiger partial charge on any atom is 0.255 e. The van der Waals surface area contributed by atoms with Crippen LogP contribution in [-0.4, -0.2) is 63.5 Å². The van der Waals surface area contributed by atoms with Crippen molar-refractivity contribution >= 4 is 51.7 Å². The highest BCUT2D eigenvalue weighted by molar-refractivity contribution is 6.09. The zero-order chi connectivity index (χ0) is 33.7. The molecule has 2 fully saturated rings. The van der Waals surface area contributed by atoms with Crippen LogP contribution in [0, 0.1) is 5.92 Å². The number of H-pyrrole nitrogens is 1. The van der Waals surface area contributed by atoms with Gasteiger partial charge in [-0.15, -0.1) is 0 Å². The van der Waals surface area contributed by atoms with Crippen LogP contribution >= 0.6 is 0 Å². The van der Waals surface area contributed by atoms with Crippen molar-refractivity contribution in [3.63, 3.8) is 0 Å². The Morgan fingerprint density at radius 1 is 0.837 bits per heavy atom. The van der Waals surface area contributed by atoms with Crippen molar-refractivity contribution in [2.24, 2.45) is 5.92 Å². The molecule has 10 nitrogen and oxygen atoms in total. The number of carbonyl (C=O) groups excluding carboxylic acids is 4. The maximum atomic E-state index is 14.7. The third-order valence-corrected chi connectivity index (χ3v) is 9.42. The fourth-order valence-electron chi connectivity index (χ4n) is 6.86. The summed E-state index contributed by atoms with van der Waals surface area (Å²) >= 11 is 0. The van der Waals surface area contributed by atoms with Gasteiger partial charge in [0.2, 0.25) is 11.8 Å². The van der Waals surface area contributed by atoms with Gasteiger partial charge in [-0.1, -0.05) is 72.8 Å². The minimum absolute atomic E-state index is 0.0975. The second kappa shape index (κ2) is 14.2. The Balaban J connectivity index is 1.14. The van der Waals surface area contributed by atoms with E-state index in [2.05, 4.69) is 15.6 Å². The quantitative estimate of drug-likeness (QED) is 0.190. The van der Waals surface area contributed by atoms with Crippen molar-refractivity contribution in [2.45, 2.75) is 44.2 Å². The number of nitrogens with zero attached hydrogens (tertiary/aromatic N) is 3. The molecule has 2 saturated heterocycles. The largest absolute Gasteiger partial charge is 0.360 e. The zero-order valence-electron chi connectivity index (χ0n) is 27.0. The molecule has 0 radical (unpaired) electrons. The molecule has 2 aromatic heterocycles. The third-order valence-electron chi connectivity index (χ3n) is 9.42. The Morgan fingerprint density at radius 3 is 2.33 bits per heavy atom. The molecular weight excluding hydrogens is 616 g/mol. The second-order valence-electron chi connectivity index (χ2n) is 12.7. The predicted octanol–water partition coefficient (Wildman–Crippen LogP) is 5.19. The van der Waals surface area contributed by atoms with Crippen LogP contribution in [-0.2, 0) is 32.0 Å². The zero-order valence-corrected chi connectivity index (χ0v) is 27.0. The van der Waals surface area contributed by atoms with Crippen molar-refractivity contribution in [2.75, 3.05) is 23.3 Å². The smallest absolute Gasteiger partial charge is 0.255 e. The number of aromatic nitrogens is 2. The first kappa shape index (κ1) is 32.0. The number of benzene rings is 3. The van der Waals surface area contributed by atoms with Crippen molar-refractivity contribution in [1.29, 1.82) is 0 Å². The van der Waals surface area contributed by atoms with E-state index < -0.39 is 12.1 Å². The van der Waals surface area contributed by atoms with Crippen molar-refractivity contribution in [1.82, 2.24) is 20.2 Å². The number of para-hydroxylation sites is 2. The molecule has 3 atom stereocenters. The van der Waals surface area contributed by atoms with Crippen LogP contribution in [0.5, 0.6) is 0 Å². The van der Waals surface area contributed by atoms with Crippen LogP contribution in [0.15, 0.2) is 109 Å². The Morgan fingerprint density at radius 2 is 1.55 bits per heavy atom. The highest BCUT2D eigenvalue weighted by Gasteiger charge is 2.39. The molecule has 4 heterocycles. The lowest BCUT2D eigenvalue weighted by Crippen LogP contribution is -2.47. The van der Waals surface area contributed by atoms with Gasteiger partial charge in [0, 0.05) is 31.6 Å². The third kappa shape index (κ3) is 7.00. The molecule has 5 aromatic rings. The lowest BCUT2D eigenvalue weighted by atomic mass is 9.95. The van der Waals surface area contributed by atoms with E-state index in [-0.39, 0.29) is 35.8 Å². The average molecular weight is 655 g/mol. The van der Waals surface area contributed by atoms with E-state index in [4.69, 9.17) is 4.98 Å². The van der Waals surface area contributed by atoms with Crippen molar-refractivity contribution < 1.29 is 19.2 Å². The molecule has 0 saturated carbocycles. The standard InChI is InChI=1S/C39H38N6O4/c46-35(22-26-10-3-1-4-11-26)28-24-32(41-25-28)38(48)43-31-14-7-8-15-33(31)45(36-18-17-29-30(42-36)19-20-40-29)39(49)34-16-9-21-44(34)37(47)23-27-12-5-2-6-13-27/h1-8,10-15,17-20,28,32,34,40-41H,9,16,21-25H2,(H,43,48)/t28?,32?,34-/m0/s1. The van der Waals surface area contributed by atoms with E-state index in [9.17, 15) is 19.2 Å². The summed E-state index contributed by atoms with van der Waals surface area (Å²) in [5, 5.41) is 6.26. The Labute approximate surface area is 284 Å². The Bertz CT molecular complexity index is 1980. The SMILES string of the molecule is O=C(Cc1ccccc1)C1CNC(C(=O)Nc2ccccc2N(C(=O)[C@@H]2CCCN2C(=O)Cc2ccccc2)c2ccc3[nH]ccc3n2)C1.